The molecule has 0 bridgehead atoms. The van der Waals surface area contributed by atoms with E-state index in [1.54, 1.807) is 45.0 Å². The highest BCUT2D eigenvalue weighted by molar-refractivity contribution is 7.88. The lowest BCUT2D eigenvalue weighted by Crippen LogP contribution is -2.34. The van der Waals surface area contributed by atoms with Gasteiger partial charge in [-0.05, 0) is 38.5 Å². The van der Waals surface area contributed by atoms with Crippen molar-refractivity contribution in [2.24, 2.45) is 0 Å². The minimum Gasteiger partial charge on any atom is -0.281 e. The molecule has 1 N–H and O–H groups in total. The number of benzene rings is 1. The number of nitrogens with one attached hydrogen (secondary N) is 1. The molecule has 0 aliphatic rings. The van der Waals surface area contributed by atoms with E-state index in [4.69, 9.17) is 10.1 Å². The Balaban J connectivity index is 2.68. The minimum atomic E-state index is -3.54. The first-order valence-corrected chi connectivity index (χ1v) is 7.04. The first kappa shape index (κ1) is 14.6. The summed E-state index contributed by atoms with van der Waals surface area (Å²) in [5.74, 6) is -0.186. The van der Waals surface area contributed by atoms with Gasteiger partial charge in [-0.15, -0.1) is 0 Å². The van der Waals surface area contributed by atoms with Gasteiger partial charge in [0.25, 0.3) is 0 Å². The number of hydrogen-bond acceptors (Lipinski definition) is 4. The molecule has 0 radical (unpaired) electrons. The normalized spacial score (nSPS) is 12.1. The molecule has 5 nitrogen and oxygen atoms in total. The monoisotopic (exact) mass is 268 g/mol. The van der Waals surface area contributed by atoms with Crippen LogP contribution in [0, 0.1) is 11.3 Å². The summed E-state index contributed by atoms with van der Waals surface area (Å²) in [6.45, 7) is 5.24. The zero-order valence-corrected chi connectivity index (χ0v) is 11.4. The fourth-order valence-electron chi connectivity index (χ4n) is 1.11. The van der Waals surface area contributed by atoms with Gasteiger partial charge in [-0.2, -0.15) is 5.26 Å². The molecule has 1 rings (SSSR count). The van der Waals surface area contributed by atoms with Crippen molar-refractivity contribution in [1.82, 2.24) is 4.89 Å². The summed E-state index contributed by atoms with van der Waals surface area (Å²) in [7, 11) is -3.54. The second-order valence-corrected chi connectivity index (χ2v) is 6.55. The average molecular weight is 268 g/mol. The van der Waals surface area contributed by atoms with Gasteiger partial charge in [0.1, 0.15) is 0 Å². The molecule has 0 heterocycles. The second kappa shape index (κ2) is 5.48. The van der Waals surface area contributed by atoms with Crippen molar-refractivity contribution < 1.29 is 13.3 Å². The van der Waals surface area contributed by atoms with Gasteiger partial charge < -0.3 is 0 Å². The van der Waals surface area contributed by atoms with E-state index in [2.05, 4.69) is 4.89 Å². The van der Waals surface area contributed by atoms with E-state index >= 15 is 0 Å². The van der Waals surface area contributed by atoms with Crippen molar-refractivity contribution in [3.8, 4) is 6.07 Å². The van der Waals surface area contributed by atoms with Gasteiger partial charge >= 0.3 is 0 Å². The summed E-state index contributed by atoms with van der Waals surface area (Å²) in [5, 5.41) is 8.63. The maximum Gasteiger partial charge on any atom is 0.237 e. The summed E-state index contributed by atoms with van der Waals surface area (Å²) in [6, 6.07) is 8.34. The lowest BCUT2D eigenvalue weighted by molar-refractivity contribution is -0.0358. The molecule has 0 aliphatic heterocycles. The average Bonchev–Trinajstić information content (AvgIpc) is 2.26. The first-order valence-electron chi connectivity index (χ1n) is 5.38. The molecule has 6 heteroatoms. The molecular formula is C12H16N2O3S. The quantitative estimate of drug-likeness (QED) is 0.843. The van der Waals surface area contributed by atoms with Gasteiger partial charge in [0, 0.05) is 0 Å². The molecule has 0 saturated carbocycles. The Morgan fingerprint density at radius 3 is 2.28 bits per heavy atom. The van der Waals surface area contributed by atoms with Crippen LogP contribution in [0.25, 0.3) is 0 Å². The summed E-state index contributed by atoms with van der Waals surface area (Å²) < 4.78 is 23.4. The zero-order valence-electron chi connectivity index (χ0n) is 10.6. The summed E-state index contributed by atoms with van der Waals surface area (Å²) >= 11 is 0. The van der Waals surface area contributed by atoms with Gasteiger partial charge in [0.2, 0.25) is 10.0 Å². The number of hydrogen-bond donors (Lipinski definition) is 1. The topological polar surface area (TPSA) is 79.2 Å². The predicted molar refractivity (Wildman–Crippen MR) is 67.8 cm³/mol. The molecule has 18 heavy (non-hydrogen) atoms. The van der Waals surface area contributed by atoms with E-state index in [-0.39, 0.29) is 5.75 Å². The van der Waals surface area contributed by atoms with E-state index in [0.29, 0.717) is 11.1 Å². The van der Waals surface area contributed by atoms with Crippen molar-refractivity contribution in [1.29, 1.82) is 5.26 Å². The van der Waals surface area contributed by atoms with Crippen molar-refractivity contribution in [2.75, 3.05) is 0 Å². The van der Waals surface area contributed by atoms with Crippen LogP contribution in [0.4, 0.5) is 0 Å². The van der Waals surface area contributed by atoms with E-state index in [1.165, 1.54) is 0 Å². The Hall–Kier alpha value is -1.42. The third-order valence-corrected chi connectivity index (χ3v) is 2.97. The van der Waals surface area contributed by atoms with Gasteiger partial charge in [-0.1, -0.05) is 17.0 Å². The summed E-state index contributed by atoms with van der Waals surface area (Å²) in [6.07, 6.45) is 0. The highest BCUT2D eigenvalue weighted by Gasteiger charge is 2.17. The van der Waals surface area contributed by atoms with E-state index in [9.17, 15) is 8.42 Å². The molecule has 1 aromatic rings. The van der Waals surface area contributed by atoms with Crippen LogP contribution in [-0.4, -0.2) is 14.0 Å². The third kappa shape index (κ3) is 5.27. The van der Waals surface area contributed by atoms with Crippen LogP contribution >= 0.6 is 0 Å². The van der Waals surface area contributed by atoms with Crippen LogP contribution in [0.3, 0.4) is 0 Å². The van der Waals surface area contributed by atoms with Crippen LogP contribution in [0.2, 0.25) is 0 Å². The molecule has 1 aromatic carbocycles. The predicted octanol–water partition coefficient (Wildman–Crippen LogP) is 1.71. The van der Waals surface area contributed by atoms with Crippen molar-refractivity contribution in [3.63, 3.8) is 0 Å². The molecule has 0 unspecified atom stereocenters. The van der Waals surface area contributed by atoms with Gasteiger partial charge in [0.15, 0.2) is 0 Å². The number of nitriles is 1. The maximum atomic E-state index is 11.7. The van der Waals surface area contributed by atoms with E-state index in [1.807, 2.05) is 6.07 Å². The Bertz CT molecular complexity index is 536. The third-order valence-electron chi connectivity index (χ3n) is 1.91. The molecule has 0 spiro atoms. The Labute approximate surface area is 107 Å². The standard InChI is InChI=1S/C12H16N2O3S/c1-12(2,3)17-14-18(15,16)9-11-6-4-10(8-13)5-7-11/h4-7,14H,9H2,1-3H3. The molecule has 0 aliphatic carbocycles. The van der Waals surface area contributed by atoms with E-state index in [0.717, 1.165) is 0 Å². The Morgan fingerprint density at radius 2 is 1.83 bits per heavy atom. The highest BCUT2D eigenvalue weighted by Crippen LogP contribution is 2.09. The zero-order chi connectivity index (χ0) is 13.8. The highest BCUT2D eigenvalue weighted by atomic mass is 32.2. The molecule has 0 saturated heterocycles. The van der Waals surface area contributed by atoms with Crippen LogP contribution in [0.5, 0.6) is 0 Å². The van der Waals surface area contributed by atoms with E-state index < -0.39 is 15.6 Å². The number of nitrogens with zero attached hydrogens (tertiary/aromatic N) is 1. The smallest absolute Gasteiger partial charge is 0.237 e. The molecule has 0 fully saturated rings. The number of sulfonamides is 1. The molecule has 98 valence electrons. The molecule has 0 aromatic heterocycles. The minimum absolute atomic E-state index is 0.186. The SMILES string of the molecule is CC(C)(C)ONS(=O)(=O)Cc1ccc(C#N)cc1. The Kier molecular flexibility index (Phi) is 4.46. The number of rotatable bonds is 4. The largest absolute Gasteiger partial charge is 0.281 e. The van der Waals surface area contributed by atoms with Crippen LogP contribution in [-0.2, 0) is 20.6 Å². The van der Waals surface area contributed by atoms with Crippen LogP contribution in [0.15, 0.2) is 24.3 Å². The van der Waals surface area contributed by atoms with Gasteiger partial charge in [-0.3, -0.25) is 4.84 Å². The Morgan fingerprint density at radius 1 is 1.28 bits per heavy atom. The van der Waals surface area contributed by atoms with Crippen LogP contribution < -0.4 is 4.89 Å². The lowest BCUT2D eigenvalue weighted by atomic mass is 10.2. The fourth-order valence-corrected chi connectivity index (χ4v) is 2.18. The first-order chi connectivity index (χ1) is 8.22. The lowest BCUT2D eigenvalue weighted by Gasteiger charge is -2.19. The fraction of sp³-hybridized carbons (Fsp3) is 0.417. The van der Waals surface area contributed by atoms with Crippen molar-refractivity contribution in [3.05, 3.63) is 35.4 Å². The molecular weight excluding hydrogens is 252 g/mol. The molecule has 0 atom stereocenters. The van der Waals surface area contributed by atoms with Crippen molar-refractivity contribution >= 4 is 10.0 Å². The van der Waals surface area contributed by atoms with Gasteiger partial charge in [-0.25, -0.2) is 8.42 Å². The van der Waals surface area contributed by atoms with Crippen LogP contribution in [0.1, 0.15) is 31.9 Å². The summed E-state index contributed by atoms with van der Waals surface area (Å²) in [4.78, 5) is 7.10. The van der Waals surface area contributed by atoms with Gasteiger partial charge in [0.05, 0.1) is 23.0 Å². The second-order valence-electron chi connectivity index (χ2n) is 4.87. The summed E-state index contributed by atoms with van der Waals surface area (Å²) in [5.41, 5.74) is 0.506. The van der Waals surface area contributed by atoms with Crippen molar-refractivity contribution in [2.45, 2.75) is 32.1 Å². The maximum absolute atomic E-state index is 11.7. The molecule has 0 amide bonds.